The molecule has 0 bridgehead atoms. The smallest absolute Gasteiger partial charge is 0.407 e. The molecule has 4 rings (SSSR count). The number of carboxylic acid groups (broad SMARTS) is 1. The Kier molecular flexibility index (Phi) is 5.58. The first-order valence-corrected chi connectivity index (χ1v) is 9.64. The Hall–Kier alpha value is -4.25. The van der Waals surface area contributed by atoms with E-state index in [9.17, 15) is 14.7 Å². The molecule has 1 aromatic heterocycles. The number of carbonyl (C=O) groups excluding carboxylic acids is 1. The van der Waals surface area contributed by atoms with E-state index in [0.717, 1.165) is 22.3 Å². The second-order valence-electron chi connectivity index (χ2n) is 7.09. The molecule has 31 heavy (non-hydrogen) atoms. The van der Waals surface area contributed by atoms with Crippen LogP contribution in [0.1, 0.15) is 28.4 Å². The van der Waals surface area contributed by atoms with E-state index in [2.05, 4.69) is 15.5 Å². The predicted molar refractivity (Wildman–Crippen MR) is 110 cm³/mol. The first-order chi connectivity index (χ1) is 15.1. The maximum absolute atomic E-state index is 12.4. The van der Waals surface area contributed by atoms with Crippen molar-refractivity contribution in [1.29, 1.82) is 5.26 Å². The highest BCUT2D eigenvalue weighted by Gasteiger charge is 2.29. The molecule has 0 spiro atoms. The van der Waals surface area contributed by atoms with Crippen LogP contribution in [0.4, 0.5) is 4.79 Å². The monoisotopic (exact) mass is 414 g/mol. The lowest BCUT2D eigenvalue weighted by Crippen LogP contribution is -2.43. The molecule has 154 valence electrons. The van der Waals surface area contributed by atoms with E-state index in [1.165, 1.54) is 12.1 Å². The summed E-state index contributed by atoms with van der Waals surface area (Å²) in [6, 6.07) is 19.4. The van der Waals surface area contributed by atoms with Crippen molar-refractivity contribution >= 4 is 12.1 Å². The summed E-state index contributed by atoms with van der Waals surface area (Å²) in [5.41, 5.74) is 4.81. The fourth-order valence-electron chi connectivity index (χ4n) is 3.72. The zero-order chi connectivity index (χ0) is 21.8. The van der Waals surface area contributed by atoms with Gasteiger partial charge in [0.05, 0.1) is 5.69 Å². The Labute approximate surface area is 178 Å². The number of hydrogen-bond donors (Lipinski definition) is 2. The summed E-state index contributed by atoms with van der Waals surface area (Å²) in [5.74, 6) is -1.34. The molecule has 1 atom stereocenters. The van der Waals surface area contributed by atoms with Gasteiger partial charge in [-0.15, -0.1) is 5.10 Å². The minimum Gasteiger partial charge on any atom is -0.480 e. The molecule has 3 aromatic rings. The number of fused-ring (bicyclic) bond motifs is 3. The number of amides is 1. The van der Waals surface area contributed by atoms with Crippen molar-refractivity contribution in [3.05, 3.63) is 83.2 Å². The SMILES string of the molecule is N#Cc1ccc(CC(NC(=O)OCC2c3ccccc3-c3ccccc32)C(=O)O)nn1. The third kappa shape index (κ3) is 4.21. The van der Waals surface area contributed by atoms with Gasteiger partial charge >= 0.3 is 12.1 Å². The van der Waals surface area contributed by atoms with Gasteiger partial charge in [-0.25, -0.2) is 9.59 Å². The van der Waals surface area contributed by atoms with Crippen molar-refractivity contribution in [2.75, 3.05) is 6.61 Å². The summed E-state index contributed by atoms with van der Waals surface area (Å²) in [5, 5.41) is 28.1. The summed E-state index contributed by atoms with van der Waals surface area (Å²) >= 11 is 0. The number of alkyl carbamates (subject to hydrolysis) is 1. The van der Waals surface area contributed by atoms with Gasteiger partial charge in [0.25, 0.3) is 0 Å². The van der Waals surface area contributed by atoms with Crippen LogP contribution in [-0.2, 0) is 16.0 Å². The largest absolute Gasteiger partial charge is 0.480 e. The highest BCUT2D eigenvalue weighted by atomic mass is 16.5. The number of benzene rings is 2. The lowest BCUT2D eigenvalue weighted by molar-refractivity contribution is -0.139. The zero-order valence-corrected chi connectivity index (χ0v) is 16.4. The number of hydrogen-bond acceptors (Lipinski definition) is 6. The van der Waals surface area contributed by atoms with Gasteiger partial charge < -0.3 is 15.2 Å². The molecule has 0 radical (unpaired) electrons. The molecule has 0 saturated carbocycles. The summed E-state index contributed by atoms with van der Waals surface area (Å²) in [6.45, 7) is 0.0862. The number of aliphatic carboxylic acids is 1. The van der Waals surface area contributed by atoms with E-state index >= 15 is 0 Å². The summed E-state index contributed by atoms with van der Waals surface area (Å²) < 4.78 is 5.40. The van der Waals surface area contributed by atoms with Gasteiger partial charge in [0.15, 0.2) is 5.69 Å². The van der Waals surface area contributed by atoms with Gasteiger partial charge in [-0.05, 0) is 34.4 Å². The van der Waals surface area contributed by atoms with Crippen molar-refractivity contribution in [2.45, 2.75) is 18.4 Å². The molecule has 0 saturated heterocycles. The lowest BCUT2D eigenvalue weighted by atomic mass is 9.98. The van der Waals surface area contributed by atoms with Gasteiger partial charge in [0, 0.05) is 12.3 Å². The average molecular weight is 414 g/mol. The minimum absolute atomic E-state index is 0.0851. The Balaban J connectivity index is 1.42. The van der Waals surface area contributed by atoms with Crippen LogP contribution >= 0.6 is 0 Å². The second kappa shape index (κ2) is 8.63. The maximum atomic E-state index is 12.4. The van der Waals surface area contributed by atoms with Crippen LogP contribution in [0.3, 0.4) is 0 Å². The molecule has 1 aliphatic carbocycles. The van der Waals surface area contributed by atoms with Gasteiger partial charge in [-0.3, -0.25) is 0 Å². The molecule has 0 fully saturated rings. The van der Waals surface area contributed by atoms with Crippen molar-refractivity contribution in [3.63, 3.8) is 0 Å². The van der Waals surface area contributed by atoms with E-state index in [0.29, 0.717) is 5.69 Å². The number of carboxylic acids is 1. The molecule has 2 aromatic carbocycles. The maximum Gasteiger partial charge on any atom is 0.407 e. The molecule has 1 unspecified atom stereocenters. The number of nitriles is 1. The van der Waals surface area contributed by atoms with Gasteiger partial charge in [0.1, 0.15) is 18.7 Å². The number of nitrogens with one attached hydrogen (secondary N) is 1. The molecule has 1 amide bonds. The van der Waals surface area contributed by atoms with E-state index in [1.807, 2.05) is 54.6 Å². The fourth-order valence-corrected chi connectivity index (χ4v) is 3.72. The van der Waals surface area contributed by atoms with Gasteiger partial charge in [-0.1, -0.05) is 48.5 Å². The van der Waals surface area contributed by atoms with E-state index < -0.39 is 18.1 Å². The van der Waals surface area contributed by atoms with Crippen LogP contribution in [0.25, 0.3) is 11.1 Å². The highest BCUT2D eigenvalue weighted by Crippen LogP contribution is 2.44. The van der Waals surface area contributed by atoms with Crippen LogP contribution in [0.2, 0.25) is 0 Å². The molecule has 8 nitrogen and oxygen atoms in total. The van der Waals surface area contributed by atoms with Crippen molar-refractivity contribution in [1.82, 2.24) is 15.5 Å². The minimum atomic E-state index is -1.24. The molecule has 1 aliphatic rings. The number of nitrogens with zero attached hydrogens (tertiary/aromatic N) is 3. The Morgan fingerprint density at radius 2 is 1.68 bits per heavy atom. The summed E-state index contributed by atoms with van der Waals surface area (Å²) in [6.07, 6.45) is -0.908. The number of aromatic nitrogens is 2. The second-order valence-corrected chi connectivity index (χ2v) is 7.09. The van der Waals surface area contributed by atoms with Crippen molar-refractivity contribution < 1.29 is 19.4 Å². The van der Waals surface area contributed by atoms with E-state index in [4.69, 9.17) is 10.00 Å². The van der Waals surface area contributed by atoms with E-state index in [1.54, 1.807) is 0 Å². The van der Waals surface area contributed by atoms with Gasteiger partial charge in [0.2, 0.25) is 0 Å². The number of carbonyl (C=O) groups is 2. The lowest BCUT2D eigenvalue weighted by Gasteiger charge is -2.17. The standard InChI is InChI=1S/C23H18N4O4/c24-12-15-10-9-14(26-27-15)11-21(22(28)29)25-23(30)31-13-20-18-7-3-1-5-16(18)17-6-2-4-8-19(17)20/h1-10,20-21H,11,13H2,(H,25,30)(H,28,29). The topological polar surface area (TPSA) is 125 Å². The zero-order valence-electron chi connectivity index (χ0n) is 16.4. The summed E-state index contributed by atoms with van der Waals surface area (Å²) in [4.78, 5) is 23.9. The number of ether oxygens (including phenoxy) is 1. The average Bonchev–Trinajstić information content (AvgIpc) is 3.11. The Morgan fingerprint density at radius 3 is 2.23 bits per heavy atom. The molecule has 2 N–H and O–H groups in total. The molecule has 8 heteroatoms. The first-order valence-electron chi connectivity index (χ1n) is 9.64. The molecular formula is C23H18N4O4. The third-order valence-corrected chi connectivity index (χ3v) is 5.18. The van der Waals surface area contributed by atoms with Crippen LogP contribution in [-0.4, -0.2) is 40.0 Å². The van der Waals surface area contributed by atoms with Crippen LogP contribution < -0.4 is 5.32 Å². The Morgan fingerprint density at radius 1 is 1.03 bits per heavy atom. The van der Waals surface area contributed by atoms with Crippen LogP contribution in [0, 0.1) is 11.3 Å². The highest BCUT2D eigenvalue weighted by molar-refractivity contribution is 5.81. The third-order valence-electron chi connectivity index (χ3n) is 5.18. The fraction of sp³-hybridized carbons (Fsp3) is 0.174. The Bertz CT molecular complexity index is 1130. The quantitative estimate of drug-likeness (QED) is 0.635. The van der Waals surface area contributed by atoms with Crippen LogP contribution in [0.15, 0.2) is 60.7 Å². The van der Waals surface area contributed by atoms with Crippen molar-refractivity contribution in [3.8, 4) is 17.2 Å². The van der Waals surface area contributed by atoms with Crippen LogP contribution in [0.5, 0.6) is 0 Å². The predicted octanol–water partition coefficient (Wildman–Crippen LogP) is 2.88. The molecular weight excluding hydrogens is 396 g/mol. The number of rotatable bonds is 6. The first kappa shape index (κ1) is 20.0. The van der Waals surface area contributed by atoms with Gasteiger partial charge in [-0.2, -0.15) is 10.4 Å². The molecule has 0 aliphatic heterocycles. The van der Waals surface area contributed by atoms with E-state index in [-0.39, 0.29) is 24.6 Å². The summed E-state index contributed by atoms with van der Waals surface area (Å²) in [7, 11) is 0. The molecule has 1 heterocycles. The normalized spacial score (nSPS) is 12.9. The van der Waals surface area contributed by atoms with Crippen molar-refractivity contribution in [2.24, 2.45) is 0 Å².